The number of ether oxygens (including phenoxy) is 1. The summed E-state index contributed by atoms with van der Waals surface area (Å²) in [6, 6.07) is 16.1. The number of rotatable bonds is 7. The molecule has 0 unspecified atom stereocenters. The van der Waals surface area contributed by atoms with Gasteiger partial charge in [0.05, 0.1) is 5.75 Å². The lowest BCUT2D eigenvalue weighted by Gasteiger charge is -2.34. The maximum Gasteiger partial charge on any atom is 0.233 e. The van der Waals surface area contributed by atoms with E-state index in [1.54, 1.807) is 12.1 Å². The number of benzene rings is 2. The zero-order valence-corrected chi connectivity index (χ0v) is 15.5. The average molecular weight is 374 g/mol. The van der Waals surface area contributed by atoms with Crippen molar-refractivity contribution >= 4 is 17.7 Å². The molecule has 3 rings (SSSR count). The van der Waals surface area contributed by atoms with Crippen molar-refractivity contribution in [2.24, 2.45) is 0 Å². The Balaban J connectivity index is 1.33. The lowest BCUT2D eigenvalue weighted by Crippen LogP contribution is -2.50. The summed E-state index contributed by atoms with van der Waals surface area (Å²) >= 11 is 1.45. The molecule has 0 aliphatic carbocycles. The fraction of sp³-hybridized carbons (Fsp3) is 0.350. The average Bonchev–Trinajstić information content (AvgIpc) is 2.69. The number of amides is 1. The predicted octanol–water partition coefficient (Wildman–Crippen LogP) is 3.14. The third-order valence-corrected chi connectivity index (χ3v) is 5.32. The normalized spacial score (nSPS) is 15.0. The standard InChI is InChI=1S/C20H23FN2O2S/c21-17-6-8-19(9-7-17)26-16-20(24)23-12-10-22(11-13-23)14-15-25-18-4-2-1-3-5-18/h1-9H,10-16H2. The smallest absolute Gasteiger partial charge is 0.233 e. The van der Waals surface area contributed by atoms with Crippen molar-refractivity contribution in [1.29, 1.82) is 0 Å². The van der Waals surface area contributed by atoms with Crippen LogP contribution in [0.3, 0.4) is 0 Å². The molecule has 4 nitrogen and oxygen atoms in total. The van der Waals surface area contributed by atoms with E-state index in [9.17, 15) is 9.18 Å². The fourth-order valence-electron chi connectivity index (χ4n) is 2.80. The molecule has 0 saturated carbocycles. The van der Waals surface area contributed by atoms with Crippen LogP contribution in [0.2, 0.25) is 0 Å². The number of nitrogens with zero attached hydrogens (tertiary/aromatic N) is 2. The number of halogens is 1. The summed E-state index contributed by atoms with van der Waals surface area (Å²) in [5, 5.41) is 0. The van der Waals surface area contributed by atoms with Crippen LogP contribution in [0.5, 0.6) is 5.75 Å². The lowest BCUT2D eigenvalue weighted by molar-refractivity contribution is -0.130. The highest BCUT2D eigenvalue weighted by molar-refractivity contribution is 8.00. The van der Waals surface area contributed by atoms with Crippen molar-refractivity contribution in [3.05, 3.63) is 60.4 Å². The molecule has 1 aliphatic heterocycles. The summed E-state index contributed by atoms with van der Waals surface area (Å²) < 4.78 is 18.6. The molecule has 1 fully saturated rings. The van der Waals surface area contributed by atoms with Gasteiger partial charge in [0.15, 0.2) is 0 Å². The Labute approximate surface area is 157 Å². The molecule has 1 saturated heterocycles. The minimum atomic E-state index is -0.256. The van der Waals surface area contributed by atoms with Crippen LogP contribution < -0.4 is 4.74 Å². The quantitative estimate of drug-likeness (QED) is 0.697. The molecule has 2 aromatic carbocycles. The molecule has 0 N–H and O–H groups in total. The summed E-state index contributed by atoms with van der Waals surface area (Å²) in [7, 11) is 0. The first-order chi connectivity index (χ1) is 12.7. The Bertz CT molecular complexity index is 689. The van der Waals surface area contributed by atoms with E-state index in [0.717, 1.165) is 43.4 Å². The molecule has 138 valence electrons. The number of carbonyl (C=O) groups is 1. The van der Waals surface area contributed by atoms with Crippen molar-refractivity contribution < 1.29 is 13.9 Å². The highest BCUT2D eigenvalue weighted by atomic mass is 32.2. The van der Waals surface area contributed by atoms with E-state index in [4.69, 9.17) is 4.74 Å². The van der Waals surface area contributed by atoms with E-state index < -0.39 is 0 Å². The Morgan fingerprint density at radius 3 is 2.38 bits per heavy atom. The van der Waals surface area contributed by atoms with Crippen molar-refractivity contribution in [2.75, 3.05) is 45.1 Å². The van der Waals surface area contributed by atoms with Gasteiger partial charge < -0.3 is 9.64 Å². The lowest BCUT2D eigenvalue weighted by atomic mass is 10.3. The molecule has 0 radical (unpaired) electrons. The first kappa shape index (κ1) is 18.7. The minimum absolute atomic E-state index is 0.138. The molecule has 1 amide bonds. The molecule has 1 heterocycles. The summed E-state index contributed by atoms with van der Waals surface area (Å²) in [5.74, 6) is 1.16. The number of carbonyl (C=O) groups excluding carboxylic acids is 1. The van der Waals surface area contributed by atoms with Gasteiger partial charge in [-0.05, 0) is 36.4 Å². The SMILES string of the molecule is O=C(CSc1ccc(F)cc1)N1CCN(CCOc2ccccc2)CC1. The highest BCUT2D eigenvalue weighted by Gasteiger charge is 2.20. The summed E-state index contributed by atoms with van der Waals surface area (Å²) in [4.78, 5) is 17.5. The van der Waals surface area contributed by atoms with Crippen LogP contribution >= 0.6 is 11.8 Å². The van der Waals surface area contributed by atoms with Crippen LogP contribution in [-0.2, 0) is 4.79 Å². The van der Waals surface area contributed by atoms with Crippen LogP contribution in [-0.4, -0.2) is 60.8 Å². The van der Waals surface area contributed by atoms with Crippen LogP contribution in [0.25, 0.3) is 0 Å². The van der Waals surface area contributed by atoms with Gasteiger partial charge in [0.1, 0.15) is 18.2 Å². The fourth-order valence-corrected chi connectivity index (χ4v) is 3.60. The van der Waals surface area contributed by atoms with Gasteiger partial charge in [-0.25, -0.2) is 4.39 Å². The van der Waals surface area contributed by atoms with E-state index in [1.165, 1.54) is 23.9 Å². The van der Waals surface area contributed by atoms with Crippen molar-refractivity contribution in [3.8, 4) is 5.75 Å². The van der Waals surface area contributed by atoms with E-state index >= 15 is 0 Å². The van der Waals surface area contributed by atoms with Gasteiger partial charge in [-0.1, -0.05) is 18.2 Å². The second-order valence-electron chi connectivity index (χ2n) is 6.13. The van der Waals surface area contributed by atoms with Gasteiger partial charge in [0.25, 0.3) is 0 Å². The largest absolute Gasteiger partial charge is 0.492 e. The second-order valence-corrected chi connectivity index (χ2v) is 7.18. The van der Waals surface area contributed by atoms with Gasteiger partial charge >= 0.3 is 0 Å². The number of hydrogen-bond acceptors (Lipinski definition) is 4. The van der Waals surface area contributed by atoms with Crippen molar-refractivity contribution in [2.45, 2.75) is 4.90 Å². The van der Waals surface area contributed by atoms with Crippen LogP contribution in [0, 0.1) is 5.82 Å². The number of hydrogen-bond donors (Lipinski definition) is 0. The van der Waals surface area contributed by atoms with Gasteiger partial charge in [-0.3, -0.25) is 9.69 Å². The number of thioether (sulfide) groups is 1. The van der Waals surface area contributed by atoms with Crippen molar-refractivity contribution in [1.82, 2.24) is 9.80 Å². The third kappa shape index (κ3) is 5.75. The summed E-state index contributed by atoms with van der Waals surface area (Å²) in [6.07, 6.45) is 0. The first-order valence-electron chi connectivity index (χ1n) is 8.77. The van der Waals surface area contributed by atoms with Gasteiger partial charge in [0.2, 0.25) is 5.91 Å². The number of para-hydroxylation sites is 1. The maximum absolute atomic E-state index is 12.9. The Morgan fingerprint density at radius 2 is 1.69 bits per heavy atom. The molecule has 6 heteroatoms. The second kappa shape index (κ2) is 9.59. The predicted molar refractivity (Wildman–Crippen MR) is 102 cm³/mol. The van der Waals surface area contributed by atoms with Crippen LogP contribution in [0.15, 0.2) is 59.5 Å². The molecule has 0 atom stereocenters. The monoisotopic (exact) mass is 374 g/mol. The number of piperazine rings is 1. The zero-order valence-electron chi connectivity index (χ0n) is 14.6. The molecule has 0 bridgehead atoms. The molecule has 26 heavy (non-hydrogen) atoms. The summed E-state index contributed by atoms with van der Waals surface area (Å²) in [6.45, 7) is 4.73. The van der Waals surface area contributed by atoms with E-state index in [1.807, 2.05) is 35.2 Å². The zero-order chi connectivity index (χ0) is 18.2. The van der Waals surface area contributed by atoms with Crippen LogP contribution in [0.1, 0.15) is 0 Å². The Hall–Kier alpha value is -2.05. The van der Waals surface area contributed by atoms with Gasteiger partial charge in [-0.15, -0.1) is 11.8 Å². The minimum Gasteiger partial charge on any atom is -0.492 e. The highest BCUT2D eigenvalue weighted by Crippen LogP contribution is 2.19. The molecular formula is C20H23FN2O2S. The molecule has 0 spiro atoms. The summed E-state index contributed by atoms with van der Waals surface area (Å²) in [5.41, 5.74) is 0. The molecule has 1 aliphatic rings. The van der Waals surface area contributed by atoms with E-state index in [2.05, 4.69) is 4.90 Å². The molecule has 0 aromatic heterocycles. The van der Waals surface area contributed by atoms with E-state index in [-0.39, 0.29) is 11.7 Å². The topological polar surface area (TPSA) is 32.8 Å². The Morgan fingerprint density at radius 1 is 1.00 bits per heavy atom. The van der Waals surface area contributed by atoms with Crippen molar-refractivity contribution in [3.63, 3.8) is 0 Å². The van der Waals surface area contributed by atoms with Gasteiger partial charge in [0, 0.05) is 37.6 Å². The van der Waals surface area contributed by atoms with E-state index in [0.29, 0.717) is 12.4 Å². The maximum atomic E-state index is 12.9. The third-order valence-electron chi connectivity index (χ3n) is 4.32. The first-order valence-corrected chi connectivity index (χ1v) is 9.75. The molecular weight excluding hydrogens is 351 g/mol. The van der Waals surface area contributed by atoms with Gasteiger partial charge in [-0.2, -0.15) is 0 Å². The Kier molecular flexibility index (Phi) is 6.91. The molecule has 2 aromatic rings. The van der Waals surface area contributed by atoms with Crippen LogP contribution in [0.4, 0.5) is 4.39 Å².